The maximum Gasteiger partial charge on any atom is 0.322 e. The molecule has 0 aromatic heterocycles. The molecule has 0 bridgehead atoms. The van der Waals surface area contributed by atoms with Crippen LogP contribution < -0.4 is 5.73 Å². The Labute approximate surface area is 115 Å². The van der Waals surface area contributed by atoms with Crippen LogP contribution in [0, 0.1) is 27.7 Å². The van der Waals surface area contributed by atoms with E-state index in [1.54, 1.807) is 0 Å². The van der Waals surface area contributed by atoms with Gasteiger partial charge in [-0.25, -0.2) is 0 Å². The first-order valence-electron chi connectivity index (χ1n) is 6.40. The van der Waals surface area contributed by atoms with E-state index in [0.717, 1.165) is 16.7 Å². The highest BCUT2D eigenvalue weighted by molar-refractivity contribution is 5.75. The minimum absolute atomic E-state index is 0.323. The molecule has 2 atom stereocenters. The lowest BCUT2D eigenvalue weighted by molar-refractivity contribution is -0.140. The van der Waals surface area contributed by atoms with Crippen LogP contribution in [-0.2, 0) is 4.79 Å². The van der Waals surface area contributed by atoms with E-state index in [9.17, 15) is 9.90 Å². The highest BCUT2D eigenvalue weighted by atomic mass is 16.4. The van der Waals surface area contributed by atoms with Crippen molar-refractivity contribution in [2.24, 2.45) is 5.73 Å². The predicted molar refractivity (Wildman–Crippen MR) is 77.4 cm³/mol. The van der Waals surface area contributed by atoms with Gasteiger partial charge in [0.25, 0.3) is 0 Å². The number of benzene rings is 1. The van der Waals surface area contributed by atoms with Crippen molar-refractivity contribution in [2.75, 3.05) is 14.1 Å². The van der Waals surface area contributed by atoms with Gasteiger partial charge in [-0.3, -0.25) is 4.79 Å². The summed E-state index contributed by atoms with van der Waals surface area (Å²) in [5.74, 6) is -0.975. The molecule has 0 spiro atoms. The summed E-state index contributed by atoms with van der Waals surface area (Å²) in [6, 6.07) is 0.873. The second-order valence-corrected chi connectivity index (χ2v) is 5.45. The summed E-state index contributed by atoms with van der Waals surface area (Å²) in [4.78, 5) is 13.1. The first-order chi connectivity index (χ1) is 8.68. The molecule has 4 heteroatoms. The fraction of sp³-hybridized carbons (Fsp3) is 0.533. The van der Waals surface area contributed by atoms with Gasteiger partial charge in [-0.05, 0) is 69.6 Å². The second kappa shape index (κ2) is 5.72. The third-order valence-electron chi connectivity index (χ3n) is 3.90. The highest BCUT2D eigenvalue weighted by Crippen LogP contribution is 2.31. The third kappa shape index (κ3) is 2.96. The molecule has 106 valence electrons. The monoisotopic (exact) mass is 264 g/mol. The third-order valence-corrected chi connectivity index (χ3v) is 3.90. The summed E-state index contributed by atoms with van der Waals surface area (Å²) < 4.78 is 0. The van der Waals surface area contributed by atoms with Crippen LogP contribution in [0.15, 0.2) is 6.07 Å². The van der Waals surface area contributed by atoms with Crippen molar-refractivity contribution in [3.8, 4) is 0 Å². The standard InChI is InChI=1S/C15H24N2O2/c1-8-7-9(2)11(4)12(10(8)3)14(17(5)6)13(16)15(18)19/h7,13-14H,16H2,1-6H3,(H,18,19). The van der Waals surface area contributed by atoms with Crippen molar-refractivity contribution in [1.82, 2.24) is 4.90 Å². The van der Waals surface area contributed by atoms with Crippen molar-refractivity contribution in [1.29, 1.82) is 0 Å². The summed E-state index contributed by atoms with van der Waals surface area (Å²) in [7, 11) is 3.73. The molecule has 0 radical (unpaired) electrons. The van der Waals surface area contributed by atoms with Gasteiger partial charge in [-0.15, -0.1) is 0 Å². The molecule has 0 saturated carbocycles. The van der Waals surface area contributed by atoms with Crippen LogP contribution in [0.3, 0.4) is 0 Å². The van der Waals surface area contributed by atoms with Crippen LogP contribution in [0.1, 0.15) is 33.9 Å². The number of hydrogen-bond donors (Lipinski definition) is 2. The van der Waals surface area contributed by atoms with E-state index in [1.807, 2.05) is 46.7 Å². The molecule has 0 heterocycles. The summed E-state index contributed by atoms with van der Waals surface area (Å²) in [6.07, 6.45) is 0. The van der Waals surface area contributed by atoms with Crippen molar-refractivity contribution in [3.05, 3.63) is 33.9 Å². The fourth-order valence-electron chi connectivity index (χ4n) is 2.59. The zero-order valence-electron chi connectivity index (χ0n) is 12.6. The molecule has 2 unspecified atom stereocenters. The highest BCUT2D eigenvalue weighted by Gasteiger charge is 2.30. The van der Waals surface area contributed by atoms with Crippen LogP contribution in [0.5, 0.6) is 0 Å². The number of aryl methyl sites for hydroxylation is 2. The van der Waals surface area contributed by atoms with Gasteiger partial charge >= 0.3 is 5.97 Å². The van der Waals surface area contributed by atoms with Gasteiger partial charge < -0.3 is 15.7 Å². The molecular formula is C15H24N2O2. The van der Waals surface area contributed by atoms with Crippen molar-refractivity contribution >= 4 is 5.97 Å². The number of likely N-dealkylation sites (N-methyl/N-ethyl adjacent to an activating group) is 1. The number of rotatable bonds is 4. The van der Waals surface area contributed by atoms with Crippen molar-refractivity contribution in [3.63, 3.8) is 0 Å². The Morgan fingerprint density at radius 3 is 1.89 bits per heavy atom. The SMILES string of the molecule is Cc1cc(C)c(C)c(C(C(N)C(=O)O)N(C)C)c1C. The van der Waals surface area contributed by atoms with Gasteiger partial charge in [0.15, 0.2) is 0 Å². The van der Waals surface area contributed by atoms with Gasteiger partial charge in [-0.1, -0.05) is 6.07 Å². The Hall–Kier alpha value is -1.39. The maximum absolute atomic E-state index is 11.3. The second-order valence-electron chi connectivity index (χ2n) is 5.45. The van der Waals surface area contributed by atoms with E-state index in [-0.39, 0.29) is 6.04 Å². The first kappa shape index (κ1) is 15.7. The number of nitrogens with zero attached hydrogens (tertiary/aromatic N) is 1. The van der Waals surface area contributed by atoms with E-state index in [4.69, 9.17) is 5.73 Å². The van der Waals surface area contributed by atoms with Gasteiger partial charge in [0.05, 0.1) is 6.04 Å². The average molecular weight is 264 g/mol. The molecule has 4 nitrogen and oxygen atoms in total. The van der Waals surface area contributed by atoms with E-state index in [0.29, 0.717) is 0 Å². The van der Waals surface area contributed by atoms with E-state index < -0.39 is 12.0 Å². The molecule has 0 amide bonds. The molecule has 1 aromatic carbocycles. The summed E-state index contributed by atoms with van der Waals surface area (Å²) in [6.45, 7) is 8.15. The van der Waals surface area contributed by atoms with E-state index in [1.165, 1.54) is 11.1 Å². The summed E-state index contributed by atoms with van der Waals surface area (Å²) in [5.41, 5.74) is 11.5. The lowest BCUT2D eigenvalue weighted by Crippen LogP contribution is -2.43. The van der Waals surface area contributed by atoms with E-state index in [2.05, 4.69) is 6.07 Å². The van der Waals surface area contributed by atoms with Gasteiger partial charge in [0, 0.05) is 0 Å². The predicted octanol–water partition coefficient (Wildman–Crippen LogP) is 1.93. The Kier molecular flexibility index (Phi) is 4.71. The number of carboxylic acids is 1. The normalized spacial score (nSPS) is 14.5. The smallest absolute Gasteiger partial charge is 0.322 e. The topological polar surface area (TPSA) is 66.6 Å². The van der Waals surface area contributed by atoms with Crippen LogP contribution in [0.25, 0.3) is 0 Å². The Bertz CT molecular complexity index is 469. The quantitative estimate of drug-likeness (QED) is 0.872. The van der Waals surface area contributed by atoms with Gasteiger partial charge in [-0.2, -0.15) is 0 Å². The Morgan fingerprint density at radius 2 is 1.58 bits per heavy atom. The molecule has 0 fully saturated rings. The molecule has 0 aliphatic carbocycles. The molecule has 0 saturated heterocycles. The minimum Gasteiger partial charge on any atom is -0.480 e. The lowest BCUT2D eigenvalue weighted by atomic mass is 9.86. The molecular weight excluding hydrogens is 240 g/mol. The van der Waals surface area contributed by atoms with Crippen molar-refractivity contribution in [2.45, 2.75) is 39.8 Å². The van der Waals surface area contributed by atoms with Crippen molar-refractivity contribution < 1.29 is 9.90 Å². The van der Waals surface area contributed by atoms with Crippen LogP contribution >= 0.6 is 0 Å². The first-order valence-corrected chi connectivity index (χ1v) is 6.40. The van der Waals surface area contributed by atoms with Crippen LogP contribution in [0.2, 0.25) is 0 Å². The number of carboxylic acid groups (broad SMARTS) is 1. The molecule has 1 rings (SSSR count). The Morgan fingerprint density at radius 1 is 1.16 bits per heavy atom. The van der Waals surface area contributed by atoms with Crippen LogP contribution in [-0.4, -0.2) is 36.1 Å². The van der Waals surface area contributed by atoms with Gasteiger partial charge in [0.2, 0.25) is 0 Å². The number of aliphatic carboxylic acids is 1. The molecule has 0 aliphatic rings. The maximum atomic E-state index is 11.3. The Balaban J connectivity index is 3.51. The minimum atomic E-state index is -0.975. The zero-order valence-corrected chi connectivity index (χ0v) is 12.6. The largest absolute Gasteiger partial charge is 0.480 e. The number of carbonyl (C=O) groups is 1. The lowest BCUT2D eigenvalue weighted by Gasteiger charge is -2.31. The van der Waals surface area contributed by atoms with Gasteiger partial charge in [0.1, 0.15) is 6.04 Å². The molecule has 0 aliphatic heterocycles. The average Bonchev–Trinajstić information content (AvgIpc) is 2.30. The molecule has 1 aromatic rings. The summed E-state index contributed by atoms with van der Waals surface area (Å²) >= 11 is 0. The number of hydrogen-bond acceptors (Lipinski definition) is 3. The fourth-order valence-corrected chi connectivity index (χ4v) is 2.59. The number of nitrogens with two attached hydrogens (primary N) is 1. The summed E-state index contributed by atoms with van der Waals surface area (Å²) in [5, 5.41) is 9.23. The van der Waals surface area contributed by atoms with Crippen LogP contribution in [0.4, 0.5) is 0 Å². The molecule has 3 N–H and O–H groups in total. The molecule has 19 heavy (non-hydrogen) atoms. The zero-order chi connectivity index (χ0) is 14.9. The van der Waals surface area contributed by atoms with E-state index >= 15 is 0 Å².